The van der Waals surface area contributed by atoms with E-state index in [1.54, 1.807) is 0 Å². The highest BCUT2D eigenvalue weighted by Gasteiger charge is 2.51. The van der Waals surface area contributed by atoms with E-state index in [1.807, 2.05) is 34.6 Å². The van der Waals surface area contributed by atoms with Crippen LogP contribution in [0.1, 0.15) is 54.9 Å². The van der Waals surface area contributed by atoms with Gasteiger partial charge in [-0.1, -0.05) is 25.7 Å². The predicted molar refractivity (Wildman–Crippen MR) is 66.9 cm³/mol. The molecule has 1 aliphatic heterocycles. The van der Waals surface area contributed by atoms with E-state index in [2.05, 4.69) is 20.4 Å². The molecule has 0 atom stereocenters. The zero-order valence-corrected chi connectivity index (χ0v) is 11.3. The molecule has 1 aliphatic rings. The summed E-state index contributed by atoms with van der Waals surface area (Å²) in [5.41, 5.74) is 0.446. The Labute approximate surface area is 95.2 Å². The molecule has 3 heteroatoms. The van der Waals surface area contributed by atoms with Crippen molar-refractivity contribution in [3.63, 3.8) is 0 Å². The Morgan fingerprint density at radius 2 is 1.33 bits per heavy atom. The summed E-state index contributed by atoms with van der Waals surface area (Å²) >= 11 is 0. The molecule has 0 spiro atoms. The van der Waals surface area contributed by atoms with Crippen LogP contribution in [-0.2, 0) is 9.31 Å². The van der Waals surface area contributed by atoms with E-state index in [0.29, 0.717) is 0 Å². The lowest BCUT2D eigenvalue weighted by molar-refractivity contribution is 0.00578. The topological polar surface area (TPSA) is 18.5 Å². The van der Waals surface area contributed by atoms with Crippen LogP contribution >= 0.6 is 0 Å². The largest absolute Gasteiger partial charge is 0.489 e. The molecule has 0 aliphatic carbocycles. The van der Waals surface area contributed by atoms with E-state index in [0.717, 1.165) is 5.47 Å². The first-order chi connectivity index (χ1) is 6.68. The van der Waals surface area contributed by atoms with Crippen molar-refractivity contribution < 1.29 is 9.31 Å². The van der Waals surface area contributed by atoms with Gasteiger partial charge in [-0.05, 0) is 34.6 Å². The highest BCUT2D eigenvalue weighted by atomic mass is 16.7. The van der Waals surface area contributed by atoms with Crippen molar-refractivity contribution in [3.8, 4) is 0 Å². The molecule has 0 N–H and O–H groups in total. The summed E-state index contributed by atoms with van der Waals surface area (Å²) in [5, 5.41) is 0. The fourth-order valence-corrected chi connectivity index (χ4v) is 1.04. The molecule has 0 radical (unpaired) electrons. The Bertz CT molecular complexity index is 206. The molecule has 0 amide bonds. The molecule has 0 aromatic heterocycles. The molecular formula is C12H25BO2. The highest BCUT2D eigenvalue weighted by Crippen LogP contribution is 2.37. The maximum atomic E-state index is 5.70. The van der Waals surface area contributed by atoms with Gasteiger partial charge in [-0.15, -0.1) is 6.58 Å². The van der Waals surface area contributed by atoms with Crippen LogP contribution in [0.15, 0.2) is 12.1 Å². The SMILES string of the molecule is C=C(C)B1OC(C)(C)C(C)(C)O1.CCC. The zero-order chi connectivity index (χ0) is 12.3. The van der Waals surface area contributed by atoms with Gasteiger partial charge in [-0.3, -0.25) is 0 Å². The Kier molecular flexibility index (Phi) is 5.08. The van der Waals surface area contributed by atoms with Gasteiger partial charge >= 0.3 is 7.12 Å². The summed E-state index contributed by atoms with van der Waals surface area (Å²) in [6.07, 6.45) is 1.25. The smallest absolute Gasteiger partial charge is 0.400 e. The highest BCUT2D eigenvalue weighted by molar-refractivity contribution is 6.54. The first-order valence-electron chi connectivity index (χ1n) is 5.69. The van der Waals surface area contributed by atoms with Crippen molar-refractivity contribution in [3.05, 3.63) is 12.1 Å². The molecule has 0 bridgehead atoms. The van der Waals surface area contributed by atoms with E-state index in [4.69, 9.17) is 9.31 Å². The van der Waals surface area contributed by atoms with E-state index in [1.165, 1.54) is 6.42 Å². The van der Waals surface area contributed by atoms with Gasteiger partial charge in [-0.2, -0.15) is 0 Å². The fourth-order valence-electron chi connectivity index (χ4n) is 1.04. The van der Waals surface area contributed by atoms with Crippen LogP contribution in [0.25, 0.3) is 0 Å². The molecule has 15 heavy (non-hydrogen) atoms. The lowest BCUT2D eigenvalue weighted by Gasteiger charge is -2.32. The second-order valence-electron chi connectivity index (χ2n) is 5.14. The summed E-state index contributed by atoms with van der Waals surface area (Å²) in [7, 11) is -0.241. The molecule has 0 aromatic carbocycles. The minimum Gasteiger partial charge on any atom is -0.400 e. The minimum absolute atomic E-state index is 0.239. The Morgan fingerprint density at radius 1 is 1.07 bits per heavy atom. The van der Waals surface area contributed by atoms with Crippen LogP contribution < -0.4 is 0 Å². The lowest BCUT2D eigenvalue weighted by atomic mass is 9.81. The standard InChI is InChI=1S/C9H17BO2.C3H8/c1-7(2)10-11-8(3,4)9(5,6)12-10;1-3-2/h1H2,2-6H3;3H2,1-2H3. The molecule has 1 saturated heterocycles. The first-order valence-corrected chi connectivity index (χ1v) is 5.69. The molecule has 0 aromatic rings. The Hall–Kier alpha value is -0.275. The second kappa shape index (κ2) is 5.17. The number of hydrogen-bond acceptors (Lipinski definition) is 2. The van der Waals surface area contributed by atoms with Crippen molar-refractivity contribution in [2.45, 2.75) is 66.1 Å². The van der Waals surface area contributed by atoms with Crippen molar-refractivity contribution in [1.29, 1.82) is 0 Å². The molecular weight excluding hydrogens is 187 g/mol. The van der Waals surface area contributed by atoms with Crippen molar-refractivity contribution in [2.24, 2.45) is 0 Å². The fraction of sp³-hybridized carbons (Fsp3) is 0.833. The Balaban J connectivity index is 0.000000583. The third-order valence-electron chi connectivity index (χ3n) is 2.66. The summed E-state index contributed by atoms with van der Waals surface area (Å²) in [4.78, 5) is 0. The van der Waals surface area contributed by atoms with E-state index >= 15 is 0 Å². The maximum Gasteiger partial charge on any atom is 0.489 e. The van der Waals surface area contributed by atoms with E-state index in [-0.39, 0.29) is 18.3 Å². The van der Waals surface area contributed by atoms with Gasteiger partial charge in [0.1, 0.15) is 0 Å². The molecule has 88 valence electrons. The van der Waals surface area contributed by atoms with Gasteiger partial charge in [0.2, 0.25) is 0 Å². The Morgan fingerprint density at radius 3 is 1.47 bits per heavy atom. The lowest BCUT2D eigenvalue weighted by Crippen LogP contribution is -2.41. The monoisotopic (exact) mass is 212 g/mol. The van der Waals surface area contributed by atoms with Crippen molar-refractivity contribution in [1.82, 2.24) is 0 Å². The summed E-state index contributed by atoms with van der Waals surface area (Å²) in [6, 6.07) is 0. The third-order valence-corrected chi connectivity index (χ3v) is 2.66. The summed E-state index contributed by atoms with van der Waals surface area (Å²) in [5.74, 6) is 0. The molecule has 1 rings (SSSR count). The quantitative estimate of drug-likeness (QED) is 0.618. The first kappa shape index (κ1) is 14.7. The van der Waals surface area contributed by atoms with Crippen LogP contribution in [0.3, 0.4) is 0 Å². The van der Waals surface area contributed by atoms with Crippen molar-refractivity contribution in [2.75, 3.05) is 0 Å². The maximum absolute atomic E-state index is 5.70. The average Bonchev–Trinajstić information content (AvgIpc) is 2.23. The van der Waals surface area contributed by atoms with Gasteiger partial charge in [0.05, 0.1) is 11.2 Å². The van der Waals surface area contributed by atoms with Gasteiger partial charge in [0.15, 0.2) is 0 Å². The third kappa shape index (κ3) is 3.65. The number of allylic oxidation sites excluding steroid dienone is 1. The van der Waals surface area contributed by atoms with Crippen molar-refractivity contribution >= 4 is 7.12 Å². The average molecular weight is 212 g/mol. The summed E-state index contributed by atoms with van der Waals surface area (Å²) < 4.78 is 11.4. The molecule has 2 nitrogen and oxygen atoms in total. The summed E-state index contributed by atoms with van der Waals surface area (Å²) in [6.45, 7) is 18.1. The number of hydrogen-bond donors (Lipinski definition) is 0. The molecule has 0 unspecified atom stereocenters. The number of rotatable bonds is 1. The van der Waals surface area contributed by atoms with Crippen LogP contribution in [0.4, 0.5) is 0 Å². The second-order valence-corrected chi connectivity index (χ2v) is 5.14. The van der Waals surface area contributed by atoms with Crippen LogP contribution in [0, 0.1) is 0 Å². The van der Waals surface area contributed by atoms with E-state index in [9.17, 15) is 0 Å². The van der Waals surface area contributed by atoms with Gasteiger partial charge < -0.3 is 9.31 Å². The van der Waals surface area contributed by atoms with E-state index < -0.39 is 0 Å². The molecule has 0 saturated carbocycles. The van der Waals surface area contributed by atoms with Gasteiger partial charge in [-0.25, -0.2) is 0 Å². The normalized spacial score (nSPS) is 21.9. The van der Waals surface area contributed by atoms with Crippen LogP contribution in [0.5, 0.6) is 0 Å². The van der Waals surface area contributed by atoms with Gasteiger partial charge in [0.25, 0.3) is 0 Å². The van der Waals surface area contributed by atoms with Crippen LogP contribution in [-0.4, -0.2) is 18.3 Å². The zero-order valence-electron chi connectivity index (χ0n) is 11.3. The van der Waals surface area contributed by atoms with Crippen LogP contribution in [0.2, 0.25) is 0 Å². The predicted octanol–water partition coefficient (Wildman–Crippen LogP) is 3.61. The molecule has 1 fully saturated rings. The molecule has 1 heterocycles. The minimum atomic E-state index is -0.241. The van der Waals surface area contributed by atoms with Gasteiger partial charge in [0, 0.05) is 0 Å².